The van der Waals surface area contributed by atoms with Crippen LogP contribution in [0.25, 0.3) is 11.0 Å². The second-order valence-electron chi connectivity index (χ2n) is 7.92. The fourth-order valence-electron chi connectivity index (χ4n) is 3.33. The molecule has 1 aromatic carbocycles. The van der Waals surface area contributed by atoms with Crippen molar-refractivity contribution in [1.29, 1.82) is 0 Å². The van der Waals surface area contributed by atoms with E-state index in [9.17, 15) is 14.4 Å². The van der Waals surface area contributed by atoms with E-state index in [2.05, 4.69) is 9.97 Å². The zero-order valence-electron chi connectivity index (χ0n) is 18.6. The topological polar surface area (TPSA) is 90.1 Å². The molecule has 3 rings (SSSR count). The van der Waals surface area contributed by atoms with Crippen LogP contribution in [0.1, 0.15) is 26.6 Å². The summed E-state index contributed by atoms with van der Waals surface area (Å²) >= 11 is 1.20. The molecule has 0 saturated carbocycles. The van der Waals surface area contributed by atoms with Crippen LogP contribution in [0.15, 0.2) is 44.9 Å². The Morgan fingerprint density at radius 1 is 1.13 bits per heavy atom. The summed E-state index contributed by atoms with van der Waals surface area (Å²) in [5, 5.41) is 0.168. The highest BCUT2D eigenvalue weighted by Crippen LogP contribution is 2.28. The lowest BCUT2D eigenvalue weighted by Gasteiger charge is -2.21. The number of nitrogens with zero attached hydrogens (tertiary/aromatic N) is 5. The summed E-state index contributed by atoms with van der Waals surface area (Å²) in [7, 11) is 3.17. The maximum absolute atomic E-state index is 13.0. The lowest BCUT2D eigenvalue weighted by molar-refractivity contribution is -0.117. The van der Waals surface area contributed by atoms with Gasteiger partial charge in [0.05, 0.1) is 5.25 Å². The fraction of sp³-hybridized carbons (Fsp3) is 0.409. The van der Waals surface area contributed by atoms with E-state index in [4.69, 9.17) is 0 Å². The average molecular weight is 442 g/mol. The first-order chi connectivity index (χ1) is 14.6. The first kappa shape index (κ1) is 22.7. The van der Waals surface area contributed by atoms with Crippen LogP contribution in [0.3, 0.4) is 0 Å². The minimum absolute atomic E-state index is 0.118. The Bertz CT molecular complexity index is 1230. The average Bonchev–Trinajstić information content (AvgIpc) is 2.74. The van der Waals surface area contributed by atoms with E-state index in [1.807, 2.05) is 44.2 Å². The molecule has 0 aliphatic heterocycles. The van der Waals surface area contributed by atoms with E-state index in [0.717, 1.165) is 10.3 Å². The summed E-state index contributed by atoms with van der Waals surface area (Å²) in [6, 6.07) is 9.35. The second kappa shape index (κ2) is 9.05. The smallest absolute Gasteiger partial charge is 0.315 e. The SMILES string of the molecule is Cc1nc(S[C@@H](C)C(=O)N(C)c2ccccc2)c2c(=O)n(C)c(=O)n(CC(C)C)c2n1. The standard InChI is InChI=1S/C22H27N5O3S/c1-13(2)12-27-18-17(21(29)26(6)22(27)30)19(24-15(4)23-18)31-14(3)20(28)25(5)16-10-8-7-9-11-16/h7-11,13-14H,12H2,1-6H3/t14-/m0/s1. The molecule has 31 heavy (non-hydrogen) atoms. The maximum Gasteiger partial charge on any atom is 0.332 e. The van der Waals surface area contributed by atoms with E-state index < -0.39 is 16.5 Å². The van der Waals surface area contributed by atoms with E-state index >= 15 is 0 Å². The van der Waals surface area contributed by atoms with E-state index in [1.54, 1.807) is 25.8 Å². The quantitative estimate of drug-likeness (QED) is 0.431. The normalized spacial score (nSPS) is 12.4. The van der Waals surface area contributed by atoms with E-state index in [0.29, 0.717) is 23.0 Å². The number of fused-ring (bicyclic) bond motifs is 1. The predicted octanol–water partition coefficient (Wildman–Crippen LogP) is 2.60. The van der Waals surface area contributed by atoms with Gasteiger partial charge in [0, 0.05) is 26.3 Å². The van der Waals surface area contributed by atoms with Crippen molar-refractivity contribution in [1.82, 2.24) is 19.1 Å². The van der Waals surface area contributed by atoms with Gasteiger partial charge in [-0.15, -0.1) is 0 Å². The number of amides is 1. The fourth-order valence-corrected chi connectivity index (χ4v) is 4.40. The molecule has 8 nitrogen and oxygen atoms in total. The monoisotopic (exact) mass is 441 g/mol. The molecule has 0 N–H and O–H groups in total. The molecular formula is C22H27N5O3S. The number of benzene rings is 1. The predicted molar refractivity (Wildman–Crippen MR) is 124 cm³/mol. The first-order valence-corrected chi connectivity index (χ1v) is 11.0. The molecule has 3 aromatic rings. The van der Waals surface area contributed by atoms with Gasteiger partial charge >= 0.3 is 5.69 Å². The molecule has 0 fully saturated rings. The molecule has 0 aliphatic carbocycles. The third-order valence-corrected chi connectivity index (χ3v) is 5.99. The number of rotatable bonds is 6. The van der Waals surface area contributed by atoms with Gasteiger partial charge in [-0.1, -0.05) is 43.8 Å². The molecule has 0 spiro atoms. The minimum atomic E-state index is -0.502. The van der Waals surface area contributed by atoms with Gasteiger partial charge in [-0.3, -0.25) is 18.7 Å². The van der Waals surface area contributed by atoms with Crippen molar-refractivity contribution in [2.45, 2.75) is 44.5 Å². The molecule has 164 valence electrons. The molecular weight excluding hydrogens is 414 g/mol. The summed E-state index contributed by atoms with van der Waals surface area (Å²) in [6.07, 6.45) is 0. The largest absolute Gasteiger partial charge is 0.332 e. The first-order valence-electron chi connectivity index (χ1n) is 10.1. The summed E-state index contributed by atoms with van der Waals surface area (Å²) in [5.41, 5.74) is 0.227. The van der Waals surface area contributed by atoms with Crippen molar-refractivity contribution in [3.8, 4) is 0 Å². The summed E-state index contributed by atoms with van der Waals surface area (Å²) in [5.74, 6) is 0.508. The van der Waals surface area contributed by atoms with Gasteiger partial charge in [-0.05, 0) is 31.9 Å². The van der Waals surface area contributed by atoms with Crippen molar-refractivity contribution >= 4 is 34.4 Å². The molecule has 0 saturated heterocycles. The van der Waals surface area contributed by atoms with Crippen molar-refractivity contribution in [2.75, 3.05) is 11.9 Å². The van der Waals surface area contributed by atoms with Crippen LogP contribution >= 0.6 is 11.8 Å². The van der Waals surface area contributed by atoms with Crippen LogP contribution in [-0.4, -0.2) is 37.3 Å². The van der Waals surface area contributed by atoms with Crippen LogP contribution in [0.2, 0.25) is 0 Å². The van der Waals surface area contributed by atoms with Crippen molar-refractivity contribution in [2.24, 2.45) is 13.0 Å². The third kappa shape index (κ3) is 4.56. The number of hydrogen-bond donors (Lipinski definition) is 0. The van der Waals surface area contributed by atoms with Crippen LogP contribution in [-0.2, 0) is 18.4 Å². The summed E-state index contributed by atoms with van der Waals surface area (Å²) in [6.45, 7) is 7.91. The highest BCUT2D eigenvalue weighted by Gasteiger charge is 2.24. The number of carbonyl (C=O) groups is 1. The molecule has 0 unspecified atom stereocenters. The Hall–Kier alpha value is -2.94. The van der Waals surface area contributed by atoms with Gasteiger partial charge in [-0.2, -0.15) is 0 Å². The van der Waals surface area contributed by atoms with E-state index in [1.165, 1.54) is 23.4 Å². The number of aromatic nitrogens is 4. The van der Waals surface area contributed by atoms with Crippen molar-refractivity contribution in [3.05, 3.63) is 57.0 Å². The number of anilines is 1. The molecule has 1 atom stereocenters. The van der Waals surface area contributed by atoms with Crippen molar-refractivity contribution in [3.63, 3.8) is 0 Å². The van der Waals surface area contributed by atoms with Gasteiger partial charge in [0.1, 0.15) is 16.2 Å². The van der Waals surface area contributed by atoms with E-state index in [-0.39, 0.29) is 17.2 Å². The van der Waals surface area contributed by atoms with Crippen LogP contribution < -0.4 is 16.1 Å². The molecule has 0 aliphatic rings. The number of para-hydroxylation sites is 1. The highest BCUT2D eigenvalue weighted by atomic mass is 32.2. The van der Waals surface area contributed by atoms with Crippen LogP contribution in [0.4, 0.5) is 5.69 Å². The van der Waals surface area contributed by atoms with Gasteiger partial charge in [-0.25, -0.2) is 14.8 Å². The van der Waals surface area contributed by atoms with Gasteiger partial charge in [0.25, 0.3) is 5.56 Å². The molecule has 0 bridgehead atoms. The zero-order chi connectivity index (χ0) is 22.9. The Kier molecular flexibility index (Phi) is 6.64. The Labute approximate surface area is 184 Å². The number of aryl methyl sites for hydroxylation is 1. The lowest BCUT2D eigenvalue weighted by Crippen LogP contribution is -2.40. The Morgan fingerprint density at radius 2 is 1.77 bits per heavy atom. The van der Waals surface area contributed by atoms with Gasteiger partial charge in [0.2, 0.25) is 5.91 Å². The van der Waals surface area contributed by atoms with Crippen LogP contribution in [0.5, 0.6) is 0 Å². The molecule has 2 aromatic heterocycles. The highest BCUT2D eigenvalue weighted by molar-refractivity contribution is 8.00. The summed E-state index contributed by atoms with van der Waals surface area (Å²) < 4.78 is 2.60. The molecule has 1 amide bonds. The number of hydrogen-bond acceptors (Lipinski definition) is 6. The zero-order valence-corrected chi connectivity index (χ0v) is 19.4. The molecule has 9 heteroatoms. The molecule has 2 heterocycles. The Morgan fingerprint density at radius 3 is 2.39 bits per heavy atom. The minimum Gasteiger partial charge on any atom is -0.315 e. The van der Waals surface area contributed by atoms with Crippen LogP contribution in [0, 0.1) is 12.8 Å². The maximum atomic E-state index is 13.0. The van der Waals surface area contributed by atoms with Gasteiger partial charge < -0.3 is 4.90 Å². The molecule has 0 radical (unpaired) electrons. The number of thioether (sulfide) groups is 1. The summed E-state index contributed by atoms with van der Waals surface area (Å²) in [4.78, 5) is 49.2. The third-order valence-electron chi connectivity index (χ3n) is 4.92. The number of carbonyl (C=O) groups excluding carboxylic acids is 1. The second-order valence-corrected chi connectivity index (χ2v) is 9.25. The lowest BCUT2D eigenvalue weighted by atomic mass is 10.2. The van der Waals surface area contributed by atoms with Gasteiger partial charge in [0.15, 0.2) is 5.65 Å². The Balaban J connectivity index is 2.08. The van der Waals surface area contributed by atoms with Crippen molar-refractivity contribution < 1.29 is 4.79 Å².